The fourth-order valence-electron chi connectivity index (χ4n) is 6.96. The van der Waals surface area contributed by atoms with E-state index in [1.165, 1.54) is 4.90 Å². The van der Waals surface area contributed by atoms with Crippen LogP contribution in [0.1, 0.15) is 84.6 Å². The lowest BCUT2D eigenvalue weighted by Gasteiger charge is -2.35. The molecule has 11 heteroatoms. The maximum absolute atomic E-state index is 14.4. The number of alkyl carbamates (subject to hydrolysis) is 1. The molecule has 11 nitrogen and oxygen atoms in total. The number of hydrogen-bond donors (Lipinski definition) is 3. The number of likely N-dealkylation sites (tertiary alicyclic amines) is 1. The van der Waals surface area contributed by atoms with Gasteiger partial charge < -0.3 is 30.1 Å². The fraction of sp³-hybridized carbons (Fsp3) is 0.618. The van der Waals surface area contributed by atoms with Gasteiger partial charge in [0.2, 0.25) is 11.8 Å². The number of carboxylic acids is 1. The number of fused-ring (bicyclic) bond motifs is 1. The van der Waals surface area contributed by atoms with Gasteiger partial charge in [-0.2, -0.15) is 0 Å². The van der Waals surface area contributed by atoms with Crippen LogP contribution in [0.4, 0.5) is 4.79 Å². The molecule has 0 radical (unpaired) electrons. The first kappa shape index (κ1) is 32.7. The number of amides is 3. The molecule has 244 valence electrons. The normalized spacial score (nSPS) is 25.9. The summed E-state index contributed by atoms with van der Waals surface area (Å²) in [6.45, 7) is 7.55. The smallest absolute Gasteiger partial charge is 0.408 e. The number of benzene rings is 1. The Morgan fingerprint density at radius 1 is 1.11 bits per heavy atom. The molecular formula is C34H46N4O7. The predicted molar refractivity (Wildman–Crippen MR) is 167 cm³/mol. The Hall–Kier alpha value is -3.73. The van der Waals surface area contributed by atoms with Gasteiger partial charge in [-0.25, -0.2) is 9.59 Å². The molecule has 1 aromatic heterocycles. The van der Waals surface area contributed by atoms with Crippen LogP contribution in [0.25, 0.3) is 10.9 Å². The van der Waals surface area contributed by atoms with Crippen molar-refractivity contribution in [3.8, 4) is 0 Å². The fourth-order valence-corrected chi connectivity index (χ4v) is 6.96. The second-order valence-corrected chi connectivity index (χ2v) is 13.8. The second-order valence-electron chi connectivity index (χ2n) is 13.8. The Bertz CT molecular complexity index is 1410. The van der Waals surface area contributed by atoms with E-state index in [4.69, 9.17) is 9.47 Å². The summed E-state index contributed by atoms with van der Waals surface area (Å²) >= 11 is 0. The van der Waals surface area contributed by atoms with Gasteiger partial charge in [0.1, 0.15) is 23.2 Å². The number of nitrogens with zero attached hydrogens (tertiary/aromatic N) is 2. The van der Waals surface area contributed by atoms with Gasteiger partial charge in [0.25, 0.3) is 0 Å². The van der Waals surface area contributed by atoms with E-state index in [-0.39, 0.29) is 37.3 Å². The van der Waals surface area contributed by atoms with Crippen LogP contribution in [0.5, 0.6) is 0 Å². The number of para-hydroxylation sites is 1. The Morgan fingerprint density at radius 3 is 2.51 bits per heavy atom. The lowest BCUT2D eigenvalue weighted by molar-refractivity contribution is -0.146. The summed E-state index contributed by atoms with van der Waals surface area (Å²) in [5.74, 6) is -2.24. The Balaban J connectivity index is 1.39. The Kier molecular flexibility index (Phi) is 9.67. The number of aromatic nitrogens is 1. The summed E-state index contributed by atoms with van der Waals surface area (Å²) in [4.78, 5) is 59.4. The topological polar surface area (TPSA) is 147 Å². The first-order valence-electron chi connectivity index (χ1n) is 16.2. The zero-order chi connectivity index (χ0) is 32.4. The molecule has 45 heavy (non-hydrogen) atoms. The zero-order valence-corrected chi connectivity index (χ0v) is 26.7. The van der Waals surface area contributed by atoms with Crippen molar-refractivity contribution in [1.29, 1.82) is 0 Å². The van der Waals surface area contributed by atoms with Crippen LogP contribution in [0.15, 0.2) is 36.5 Å². The SMILES string of the molecule is CCC1CC1(NC(=O)C1CC(OCc2cccc3cccnc23)CN1C(=O)C(NC(=O)OC(C)(C)C)C1CCCCC1)C(=O)O. The van der Waals surface area contributed by atoms with Crippen molar-refractivity contribution < 1.29 is 33.8 Å². The van der Waals surface area contributed by atoms with Crippen molar-refractivity contribution in [3.63, 3.8) is 0 Å². The van der Waals surface area contributed by atoms with Crippen molar-refractivity contribution in [1.82, 2.24) is 20.5 Å². The largest absolute Gasteiger partial charge is 0.479 e. The van der Waals surface area contributed by atoms with Gasteiger partial charge in [-0.1, -0.05) is 56.9 Å². The third-order valence-electron chi connectivity index (χ3n) is 9.42. The lowest BCUT2D eigenvalue weighted by atomic mass is 9.83. The van der Waals surface area contributed by atoms with Crippen molar-refractivity contribution in [3.05, 3.63) is 42.1 Å². The predicted octanol–water partition coefficient (Wildman–Crippen LogP) is 4.56. The molecule has 1 aliphatic heterocycles. The molecule has 1 aromatic carbocycles. The Morgan fingerprint density at radius 2 is 1.84 bits per heavy atom. The minimum Gasteiger partial charge on any atom is -0.479 e. The lowest BCUT2D eigenvalue weighted by Crippen LogP contribution is -2.58. The number of rotatable bonds is 10. The van der Waals surface area contributed by atoms with E-state index in [0.29, 0.717) is 12.8 Å². The van der Waals surface area contributed by atoms with Crippen molar-refractivity contribution in [2.45, 2.75) is 115 Å². The van der Waals surface area contributed by atoms with Gasteiger partial charge in [0.15, 0.2) is 0 Å². The third-order valence-corrected chi connectivity index (χ3v) is 9.42. The highest BCUT2D eigenvalue weighted by molar-refractivity contribution is 5.96. The van der Waals surface area contributed by atoms with E-state index >= 15 is 0 Å². The molecular weight excluding hydrogens is 576 g/mol. The van der Waals surface area contributed by atoms with Crippen LogP contribution in [-0.2, 0) is 30.5 Å². The van der Waals surface area contributed by atoms with E-state index in [0.717, 1.165) is 48.6 Å². The van der Waals surface area contributed by atoms with Crippen molar-refractivity contribution in [2.24, 2.45) is 11.8 Å². The van der Waals surface area contributed by atoms with Gasteiger partial charge in [0.05, 0.1) is 18.2 Å². The maximum Gasteiger partial charge on any atom is 0.408 e. The summed E-state index contributed by atoms with van der Waals surface area (Å²) in [6, 6.07) is 7.87. The maximum atomic E-state index is 14.4. The number of carboxylic acid groups (broad SMARTS) is 1. The van der Waals surface area contributed by atoms with Crippen LogP contribution in [0.3, 0.4) is 0 Å². The number of nitrogens with one attached hydrogen (secondary N) is 2. The minimum atomic E-state index is -1.33. The van der Waals surface area contributed by atoms with Crippen LogP contribution in [0.2, 0.25) is 0 Å². The van der Waals surface area contributed by atoms with Crippen LogP contribution < -0.4 is 10.6 Å². The number of carbonyl (C=O) groups excluding carboxylic acids is 3. The summed E-state index contributed by atoms with van der Waals surface area (Å²) in [6.07, 6.45) is 6.21. The van der Waals surface area contributed by atoms with Crippen molar-refractivity contribution in [2.75, 3.05) is 6.54 Å². The molecule has 2 aromatic rings. The minimum absolute atomic E-state index is 0.109. The number of carbonyl (C=O) groups is 4. The van der Waals surface area contributed by atoms with Crippen LogP contribution in [-0.4, -0.2) is 74.7 Å². The van der Waals surface area contributed by atoms with E-state index in [2.05, 4.69) is 15.6 Å². The molecule has 5 unspecified atom stereocenters. The van der Waals surface area contributed by atoms with Gasteiger partial charge in [0, 0.05) is 30.1 Å². The van der Waals surface area contributed by atoms with Crippen LogP contribution >= 0.6 is 0 Å². The molecule has 2 saturated carbocycles. The molecule has 3 N–H and O–H groups in total. The van der Waals surface area contributed by atoms with E-state index < -0.39 is 47.3 Å². The highest BCUT2D eigenvalue weighted by Gasteiger charge is 2.61. The number of aliphatic carboxylic acids is 1. The zero-order valence-electron chi connectivity index (χ0n) is 26.7. The molecule has 0 bridgehead atoms. The Labute approximate surface area is 264 Å². The van der Waals surface area contributed by atoms with E-state index in [9.17, 15) is 24.3 Å². The highest BCUT2D eigenvalue weighted by Crippen LogP contribution is 2.46. The third kappa shape index (κ3) is 7.40. The van der Waals surface area contributed by atoms with Gasteiger partial charge in [-0.3, -0.25) is 14.6 Å². The molecule has 5 rings (SSSR count). The summed E-state index contributed by atoms with van der Waals surface area (Å²) in [5, 5.41) is 16.6. The molecule has 1 saturated heterocycles. The molecule has 2 heterocycles. The van der Waals surface area contributed by atoms with Crippen molar-refractivity contribution >= 4 is 34.8 Å². The quantitative estimate of drug-likeness (QED) is 0.349. The molecule has 5 atom stereocenters. The monoisotopic (exact) mass is 622 g/mol. The molecule has 3 amide bonds. The standard InChI is InChI=1S/C34H46N4O7/c1-5-24-18-34(24,31(41)42)37-29(39)26-17-25(44-20-23-14-9-13-21-15-10-16-35-27(21)23)19-38(26)30(40)28(22-11-7-6-8-12-22)36-32(43)45-33(2,3)4/h9-10,13-16,22,24-26,28H,5-8,11-12,17-20H2,1-4H3,(H,36,43)(H,37,39)(H,41,42). The first-order chi connectivity index (χ1) is 21.4. The number of hydrogen-bond acceptors (Lipinski definition) is 7. The second kappa shape index (κ2) is 13.3. The van der Waals surface area contributed by atoms with Crippen LogP contribution in [0, 0.1) is 11.8 Å². The highest BCUT2D eigenvalue weighted by atomic mass is 16.6. The number of ether oxygens (including phenoxy) is 2. The summed E-state index contributed by atoms with van der Waals surface area (Å²) in [5.41, 5.74) is -0.367. The summed E-state index contributed by atoms with van der Waals surface area (Å²) in [7, 11) is 0. The average Bonchev–Trinajstić information content (AvgIpc) is 3.56. The average molecular weight is 623 g/mol. The number of pyridine rings is 1. The van der Waals surface area contributed by atoms with Gasteiger partial charge in [-0.05, 0) is 57.9 Å². The van der Waals surface area contributed by atoms with Gasteiger partial charge in [-0.15, -0.1) is 0 Å². The molecule has 0 spiro atoms. The molecule has 3 fully saturated rings. The van der Waals surface area contributed by atoms with E-state index in [1.54, 1.807) is 27.0 Å². The summed E-state index contributed by atoms with van der Waals surface area (Å²) < 4.78 is 11.8. The molecule has 2 aliphatic carbocycles. The van der Waals surface area contributed by atoms with Gasteiger partial charge >= 0.3 is 12.1 Å². The molecule has 3 aliphatic rings. The van der Waals surface area contributed by atoms with E-state index in [1.807, 2.05) is 37.3 Å². The first-order valence-corrected chi connectivity index (χ1v) is 16.2.